The van der Waals surface area contributed by atoms with Gasteiger partial charge in [0.2, 0.25) is 0 Å². The minimum absolute atomic E-state index is 0.0599. The normalized spacial score (nSPS) is 26.1. The van der Waals surface area contributed by atoms with E-state index in [1.807, 2.05) is 12.1 Å². The highest BCUT2D eigenvalue weighted by atomic mass is 35.5. The zero-order valence-corrected chi connectivity index (χ0v) is 11.1. The van der Waals surface area contributed by atoms with Crippen LogP contribution in [0.5, 0.6) is 5.75 Å². The Morgan fingerprint density at radius 1 is 1.33 bits per heavy atom. The summed E-state index contributed by atoms with van der Waals surface area (Å²) in [6.45, 7) is 2.95. The van der Waals surface area contributed by atoms with Crippen LogP contribution in [0.1, 0.15) is 17.5 Å². The monoisotopic (exact) mass is 267 g/mol. The van der Waals surface area contributed by atoms with Crippen LogP contribution in [0.15, 0.2) is 12.1 Å². The number of ether oxygens (including phenoxy) is 2. The quantitative estimate of drug-likeness (QED) is 0.913. The van der Waals surface area contributed by atoms with Gasteiger partial charge < -0.3 is 15.2 Å². The zero-order valence-electron chi connectivity index (χ0n) is 10.4. The van der Waals surface area contributed by atoms with E-state index in [0.29, 0.717) is 6.54 Å². The minimum Gasteiger partial charge on any atom is -0.493 e. The van der Waals surface area contributed by atoms with Crippen LogP contribution in [0, 0.1) is 5.41 Å². The lowest BCUT2D eigenvalue weighted by Crippen LogP contribution is -2.33. The molecule has 0 amide bonds. The van der Waals surface area contributed by atoms with Crippen molar-refractivity contribution in [3.05, 3.63) is 28.3 Å². The fourth-order valence-electron chi connectivity index (χ4n) is 2.90. The van der Waals surface area contributed by atoms with Crippen LogP contribution in [0.4, 0.5) is 0 Å². The van der Waals surface area contributed by atoms with Gasteiger partial charge >= 0.3 is 0 Å². The van der Waals surface area contributed by atoms with Crippen molar-refractivity contribution in [2.24, 2.45) is 11.1 Å². The predicted octanol–water partition coefficient (Wildman–Crippen LogP) is 2.18. The fraction of sp³-hybridized carbons (Fsp3) is 0.571. The zero-order chi connectivity index (χ0) is 12.6. The molecule has 1 saturated heterocycles. The molecule has 0 saturated carbocycles. The lowest BCUT2D eigenvalue weighted by atomic mass is 9.80. The third kappa shape index (κ3) is 2.11. The molecular formula is C14H18ClNO2. The van der Waals surface area contributed by atoms with Crippen molar-refractivity contribution in [1.82, 2.24) is 0 Å². The summed E-state index contributed by atoms with van der Waals surface area (Å²) in [7, 11) is 0. The highest BCUT2D eigenvalue weighted by Gasteiger charge is 2.35. The number of halogens is 1. The smallest absolute Gasteiger partial charge is 0.125 e. The second-order valence-corrected chi connectivity index (χ2v) is 5.77. The first-order chi connectivity index (χ1) is 8.72. The first-order valence-corrected chi connectivity index (χ1v) is 6.82. The average molecular weight is 268 g/mol. The van der Waals surface area contributed by atoms with E-state index in [1.54, 1.807) is 0 Å². The summed E-state index contributed by atoms with van der Waals surface area (Å²) in [5.74, 6) is 1.03. The van der Waals surface area contributed by atoms with Crippen LogP contribution in [0.25, 0.3) is 0 Å². The molecule has 98 valence electrons. The lowest BCUT2D eigenvalue weighted by molar-refractivity contribution is 0.154. The van der Waals surface area contributed by atoms with Crippen molar-refractivity contribution in [3.63, 3.8) is 0 Å². The number of nitrogens with two attached hydrogens (primary N) is 1. The molecule has 0 aliphatic carbocycles. The van der Waals surface area contributed by atoms with Crippen molar-refractivity contribution in [2.45, 2.75) is 19.3 Å². The molecule has 1 atom stereocenters. The van der Waals surface area contributed by atoms with Crippen molar-refractivity contribution in [2.75, 3.05) is 26.4 Å². The molecule has 2 N–H and O–H groups in total. The van der Waals surface area contributed by atoms with E-state index < -0.39 is 0 Å². The van der Waals surface area contributed by atoms with Crippen LogP contribution >= 0.6 is 11.6 Å². The van der Waals surface area contributed by atoms with E-state index in [-0.39, 0.29) is 5.41 Å². The standard InChI is InChI=1S/C14H18ClNO2/c15-12-5-10-1-3-18-13(10)11(6-12)7-14(8-16)2-4-17-9-14/h5-6H,1-4,7-9,16H2. The van der Waals surface area contributed by atoms with E-state index in [9.17, 15) is 0 Å². The van der Waals surface area contributed by atoms with Crippen LogP contribution < -0.4 is 10.5 Å². The summed E-state index contributed by atoms with van der Waals surface area (Å²) < 4.78 is 11.3. The van der Waals surface area contributed by atoms with E-state index >= 15 is 0 Å². The number of benzene rings is 1. The summed E-state index contributed by atoms with van der Waals surface area (Å²) in [6.07, 6.45) is 2.87. The Morgan fingerprint density at radius 2 is 2.22 bits per heavy atom. The third-order valence-electron chi connectivity index (χ3n) is 4.01. The van der Waals surface area contributed by atoms with Gasteiger partial charge in [0.1, 0.15) is 5.75 Å². The minimum atomic E-state index is 0.0599. The number of hydrogen-bond acceptors (Lipinski definition) is 3. The molecule has 2 aliphatic rings. The molecule has 2 aliphatic heterocycles. The molecule has 1 fully saturated rings. The molecular weight excluding hydrogens is 250 g/mol. The Kier molecular flexibility index (Phi) is 3.22. The Labute approximate surface area is 112 Å². The molecule has 18 heavy (non-hydrogen) atoms. The van der Waals surface area contributed by atoms with Crippen LogP contribution in [-0.2, 0) is 17.6 Å². The van der Waals surface area contributed by atoms with Gasteiger partial charge in [0, 0.05) is 30.0 Å². The molecule has 3 nitrogen and oxygen atoms in total. The molecule has 1 aromatic carbocycles. The van der Waals surface area contributed by atoms with Crippen molar-refractivity contribution < 1.29 is 9.47 Å². The maximum Gasteiger partial charge on any atom is 0.125 e. The number of hydrogen-bond donors (Lipinski definition) is 1. The summed E-state index contributed by atoms with van der Waals surface area (Å²) >= 11 is 6.18. The van der Waals surface area contributed by atoms with Crippen molar-refractivity contribution in [3.8, 4) is 5.75 Å². The average Bonchev–Trinajstić information content (AvgIpc) is 2.98. The summed E-state index contributed by atoms with van der Waals surface area (Å²) in [4.78, 5) is 0. The topological polar surface area (TPSA) is 44.5 Å². The van der Waals surface area contributed by atoms with Crippen molar-refractivity contribution in [1.29, 1.82) is 0 Å². The third-order valence-corrected chi connectivity index (χ3v) is 4.23. The van der Waals surface area contributed by atoms with Gasteiger partial charge in [-0.3, -0.25) is 0 Å². The Hall–Kier alpha value is -0.770. The largest absolute Gasteiger partial charge is 0.493 e. The Morgan fingerprint density at radius 3 is 2.94 bits per heavy atom. The summed E-state index contributed by atoms with van der Waals surface area (Å²) in [6, 6.07) is 4.02. The van der Waals surface area contributed by atoms with Gasteiger partial charge in [0.25, 0.3) is 0 Å². The van der Waals surface area contributed by atoms with Gasteiger partial charge in [0.15, 0.2) is 0 Å². The fourth-order valence-corrected chi connectivity index (χ4v) is 3.17. The van der Waals surface area contributed by atoms with E-state index in [2.05, 4.69) is 0 Å². The molecule has 0 bridgehead atoms. The molecule has 3 rings (SSSR count). The van der Waals surface area contributed by atoms with E-state index in [0.717, 1.165) is 49.9 Å². The lowest BCUT2D eigenvalue weighted by Gasteiger charge is -2.26. The first-order valence-electron chi connectivity index (χ1n) is 6.44. The SMILES string of the molecule is NCC1(Cc2cc(Cl)cc3c2OCC3)CCOC1. The maximum absolute atomic E-state index is 6.18. The summed E-state index contributed by atoms with van der Waals surface area (Å²) in [5.41, 5.74) is 8.42. The molecule has 1 unspecified atom stereocenters. The van der Waals surface area contributed by atoms with Gasteiger partial charge in [-0.05, 0) is 36.1 Å². The van der Waals surface area contributed by atoms with E-state index in [1.165, 1.54) is 11.1 Å². The first kappa shape index (κ1) is 12.3. The molecule has 0 aromatic heterocycles. The van der Waals surface area contributed by atoms with Gasteiger partial charge in [0.05, 0.1) is 13.2 Å². The summed E-state index contributed by atoms with van der Waals surface area (Å²) in [5, 5.41) is 0.792. The number of rotatable bonds is 3. The Balaban J connectivity index is 1.92. The van der Waals surface area contributed by atoms with Crippen LogP contribution in [0.3, 0.4) is 0 Å². The van der Waals surface area contributed by atoms with Crippen LogP contribution in [-0.4, -0.2) is 26.4 Å². The van der Waals surface area contributed by atoms with Crippen molar-refractivity contribution >= 4 is 11.6 Å². The number of fused-ring (bicyclic) bond motifs is 1. The molecule has 2 heterocycles. The van der Waals surface area contributed by atoms with Gasteiger partial charge in [-0.15, -0.1) is 0 Å². The van der Waals surface area contributed by atoms with Gasteiger partial charge in [-0.25, -0.2) is 0 Å². The molecule has 4 heteroatoms. The van der Waals surface area contributed by atoms with Gasteiger partial charge in [-0.1, -0.05) is 11.6 Å². The molecule has 0 spiro atoms. The predicted molar refractivity (Wildman–Crippen MR) is 71.3 cm³/mol. The Bertz CT molecular complexity index is 455. The second kappa shape index (κ2) is 4.72. The van der Waals surface area contributed by atoms with E-state index in [4.69, 9.17) is 26.8 Å². The highest BCUT2D eigenvalue weighted by Crippen LogP contribution is 2.39. The second-order valence-electron chi connectivity index (χ2n) is 5.34. The maximum atomic E-state index is 6.18. The van der Waals surface area contributed by atoms with Gasteiger partial charge in [-0.2, -0.15) is 0 Å². The van der Waals surface area contributed by atoms with Crippen LogP contribution in [0.2, 0.25) is 5.02 Å². The highest BCUT2D eigenvalue weighted by molar-refractivity contribution is 6.30. The molecule has 0 radical (unpaired) electrons. The molecule has 1 aromatic rings.